The third-order valence-corrected chi connectivity index (χ3v) is 3.96. The predicted octanol–water partition coefficient (Wildman–Crippen LogP) is 0.694. The van der Waals surface area contributed by atoms with Gasteiger partial charge in [-0.15, -0.1) is 0 Å². The molecule has 112 valence electrons. The summed E-state index contributed by atoms with van der Waals surface area (Å²) in [5, 5.41) is 22.6. The van der Waals surface area contributed by atoms with Crippen molar-refractivity contribution in [1.29, 1.82) is 0 Å². The highest BCUT2D eigenvalue weighted by Crippen LogP contribution is 2.22. The van der Waals surface area contributed by atoms with E-state index < -0.39 is 7.12 Å². The summed E-state index contributed by atoms with van der Waals surface area (Å²) in [6, 6.07) is 17.7. The van der Waals surface area contributed by atoms with Crippen LogP contribution >= 0.6 is 0 Å². The molecule has 1 heterocycles. The van der Waals surface area contributed by atoms with E-state index in [2.05, 4.69) is 22.4 Å². The Morgan fingerprint density at radius 2 is 1.77 bits per heavy atom. The summed E-state index contributed by atoms with van der Waals surface area (Å²) in [6.07, 6.45) is 0.774. The van der Waals surface area contributed by atoms with Crippen LogP contribution in [-0.4, -0.2) is 36.1 Å². The Kier molecular flexibility index (Phi) is 4.56. The molecule has 5 heteroatoms. The lowest BCUT2D eigenvalue weighted by Crippen LogP contribution is -2.37. The maximum absolute atomic E-state index is 9.66. The fraction of sp³-hybridized carbons (Fsp3) is 0.235. The van der Waals surface area contributed by atoms with Crippen LogP contribution in [0.25, 0.3) is 0 Å². The van der Waals surface area contributed by atoms with E-state index in [0.29, 0.717) is 5.46 Å². The molecule has 0 aromatic heterocycles. The molecule has 0 fully saturated rings. The van der Waals surface area contributed by atoms with Gasteiger partial charge in [0.2, 0.25) is 0 Å². The maximum atomic E-state index is 9.66. The molecule has 0 saturated carbocycles. The predicted molar refractivity (Wildman–Crippen MR) is 89.5 cm³/mol. The molecule has 22 heavy (non-hydrogen) atoms. The van der Waals surface area contributed by atoms with E-state index in [0.717, 1.165) is 30.9 Å². The number of rotatable bonds is 5. The third kappa shape index (κ3) is 3.21. The quantitative estimate of drug-likeness (QED) is 0.711. The van der Waals surface area contributed by atoms with E-state index in [4.69, 9.17) is 0 Å². The van der Waals surface area contributed by atoms with Gasteiger partial charge in [-0.3, -0.25) is 4.99 Å². The molecule has 0 amide bonds. The van der Waals surface area contributed by atoms with Crippen LogP contribution in [0, 0.1) is 0 Å². The zero-order valence-electron chi connectivity index (χ0n) is 12.3. The number of nitrogens with one attached hydrogen (secondary N) is 1. The first-order chi connectivity index (χ1) is 10.8. The molecule has 0 spiro atoms. The van der Waals surface area contributed by atoms with Gasteiger partial charge >= 0.3 is 7.12 Å². The highest BCUT2D eigenvalue weighted by atomic mass is 16.4. The van der Waals surface area contributed by atoms with Crippen molar-refractivity contribution in [2.24, 2.45) is 4.99 Å². The molecule has 0 bridgehead atoms. The van der Waals surface area contributed by atoms with E-state index >= 15 is 0 Å². The van der Waals surface area contributed by atoms with Crippen molar-refractivity contribution >= 4 is 18.4 Å². The standard InChI is InChI=1S/C17H19BN2O2/c21-18(22)16-9-5-4-8-14(16)15(17-19-10-11-20-17)12-13-6-2-1-3-7-13/h1-9,15,21-22H,10-12H2,(H,19,20)/t15-/m0/s1. The van der Waals surface area contributed by atoms with Gasteiger partial charge < -0.3 is 15.4 Å². The Hall–Kier alpha value is -2.11. The molecule has 1 aliphatic rings. The van der Waals surface area contributed by atoms with Crippen LogP contribution in [0.2, 0.25) is 0 Å². The summed E-state index contributed by atoms with van der Waals surface area (Å²) in [5.74, 6) is 0.930. The summed E-state index contributed by atoms with van der Waals surface area (Å²) < 4.78 is 0. The number of hydrogen-bond donors (Lipinski definition) is 3. The first-order valence-electron chi connectivity index (χ1n) is 7.53. The lowest BCUT2D eigenvalue weighted by atomic mass is 9.72. The van der Waals surface area contributed by atoms with Crippen molar-refractivity contribution in [3.05, 3.63) is 65.7 Å². The number of hydrogen-bond acceptors (Lipinski definition) is 4. The summed E-state index contributed by atoms with van der Waals surface area (Å²) in [4.78, 5) is 4.55. The molecule has 3 rings (SSSR count). The minimum absolute atomic E-state index is 0.00269. The Morgan fingerprint density at radius 3 is 2.45 bits per heavy atom. The molecular weight excluding hydrogens is 275 g/mol. The number of amidine groups is 1. The average Bonchev–Trinajstić information content (AvgIpc) is 3.08. The molecule has 4 nitrogen and oxygen atoms in total. The highest BCUT2D eigenvalue weighted by Gasteiger charge is 2.26. The van der Waals surface area contributed by atoms with E-state index in [1.807, 2.05) is 36.4 Å². The van der Waals surface area contributed by atoms with Crippen molar-refractivity contribution in [1.82, 2.24) is 5.32 Å². The van der Waals surface area contributed by atoms with Crippen molar-refractivity contribution in [3.8, 4) is 0 Å². The first kappa shape index (κ1) is 14.8. The normalized spacial score (nSPS) is 15.1. The molecular formula is C17H19BN2O2. The Balaban J connectivity index is 1.99. The van der Waals surface area contributed by atoms with Gasteiger partial charge in [0.25, 0.3) is 0 Å². The second-order valence-corrected chi connectivity index (χ2v) is 5.44. The molecule has 3 N–H and O–H groups in total. The van der Waals surface area contributed by atoms with E-state index in [9.17, 15) is 10.0 Å². The molecule has 2 aromatic rings. The second kappa shape index (κ2) is 6.77. The van der Waals surface area contributed by atoms with Crippen LogP contribution in [0.5, 0.6) is 0 Å². The van der Waals surface area contributed by atoms with Gasteiger partial charge in [-0.1, -0.05) is 54.6 Å². The average molecular weight is 294 g/mol. The van der Waals surface area contributed by atoms with Crippen LogP contribution in [0.1, 0.15) is 17.0 Å². The van der Waals surface area contributed by atoms with Gasteiger partial charge in [-0.05, 0) is 23.0 Å². The first-order valence-corrected chi connectivity index (χ1v) is 7.53. The van der Waals surface area contributed by atoms with E-state index in [1.165, 1.54) is 5.56 Å². The van der Waals surface area contributed by atoms with Gasteiger partial charge in [0, 0.05) is 12.5 Å². The number of nitrogens with zero attached hydrogens (tertiary/aromatic N) is 1. The number of aliphatic imine (C=N–C) groups is 1. The fourth-order valence-electron chi connectivity index (χ4n) is 2.92. The summed E-state index contributed by atoms with van der Waals surface area (Å²) in [6.45, 7) is 1.61. The summed E-state index contributed by atoms with van der Waals surface area (Å²) >= 11 is 0. The van der Waals surface area contributed by atoms with Crippen LogP contribution in [0.3, 0.4) is 0 Å². The lowest BCUT2D eigenvalue weighted by Gasteiger charge is -2.21. The van der Waals surface area contributed by atoms with E-state index in [-0.39, 0.29) is 5.92 Å². The Bertz CT molecular complexity index is 659. The van der Waals surface area contributed by atoms with Crippen LogP contribution in [0.15, 0.2) is 59.6 Å². The number of benzene rings is 2. The minimum Gasteiger partial charge on any atom is -0.423 e. The van der Waals surface area contributed by atoms with Gasteiger partial charge in [0.1, 0.15) is 5.84 Å². The lowest BCUT2D eigenvalue weighted by molar-refractivity contribution is 0.425. The fourth-order valence-corrected chi connectivity index (χ4v) is 2.92. The molecule has 1 aliphatic heterocycles. The molecule has 0 saturated heterocycles. The Labute approximate surface area is 130 Å². The van der Waals surface area contributed by atoms with Crippen LogP contribution < -0.4 is 10.8 Å². The smallest absolute Gasteiger partial charge is 0.423 e. The Morgan fingerprint density at radius 1 is 1.05 bits per heavy atom. The van der Waals surface area contributed by atoms with Crippen molar-refractivity contribution in [3.63, 3.8) is 0 Å². The summed E-state index contributed by atoms with van der Waals surface area (Å²) in [7, 11) is -1.48. The molecule has 2 aromatic carbocycles. The molecule has 1 atom stereocenters. The summed E-state index contributed by atoms with van der Waals surface area (Å²) in [5.41, 5.74) is 2.65. The zero-order chi connectivity index (χ0) is 15.4. The zero-order valence-corrected chi connectivity index (χ0v) is 12.3. The maximum Gasteiger partial charge on any atom is 0.488 e. The molecule has 0 radical (unpaired) electrons. The van der Waals surface area contributed by atoms with Gasteiger partial charge in [0.05, 0.1) is 6.54 Å². The van der Waals surface area contributed by atoms with Crippen molar-refractivity contribution < 1.29 is 10.0 Å². The van der Waals surface area contributed by atoms with Gasteiger partial charge in [-0.25, -0.2) is 0 Å². The molecule has 0 unspecified atom stereocenters. The largest absolute Gasteiger partial charge is 0.488 e. The second-order valence-electron chi connectivity index (χ2n) is 5.44. The molecule has 0 aliphatic carbocycles. The van der Waals surface area contributed by atoms with E-state index in [1.54, 1.807) is 6.07 Å². The van der Waals surface area contributed by atoms with Crippen molar-refractivity contribution in [2.75, 3.05) is 13.1 Å². The SMILES string of the molecule is OB(O)c1ccccc1[C@H](Cc1ccccc1)C1=NCCN1. The van der Waals surface area contributed by atoms with Gasteiger partial charge in [0.15, 0.2) is 0 Å². The van der Waals surface area contributed by atoms with Crippen molar-refractivity contribution in [2.45, 2.75) is 12.3 Å². The van der Waals surface area contributed by atoms with Crippen LogP contribution in [0.4, 0.5) is 0 Å². The third-order valence-electron chi connectivity index (χ3n) is 3.96. The van der Waals surface area contributed by atoms with Gasteiger partial charge in [-0.2, -0.15) is 0 Å². The van der Waals surface area contributed by atoms with Crippen LogP contribution in [-0.2, 0) is 6.42 Å². The topological polar surface area (TPSA) is 64.8 Å². The minimum atomic E-state index is -1.48. The highest BCUT2D eigenvalue weighted by molar-refractivity contribution is 6.59. The monoisotopic (exact) mass is 294 g/mol.